The molecule has 7 heteroatoms. The van der Waals surface area contributed by atoms with Crippen molar-refractivity contribution in [3.8, 4) is 11.5 Å². The van der Waals surface area contributed by atoms with Gasteiger partial charge in [-0.15, -0.1) is 0 Å². The van der Waals surface area contributed by atoms with E-state index in [1.807, 2.05) is 37.9 Å². The number of carbonyl (C=O) groups excluding carboxylic acids is 2. The van der Waals surface area contributed by atoms with Crippen LogP contribution in [0.25, 0.3) is 0 Å². The molecule has 0 aliphatic rings. The van der Waals surface area contributed by atoms with Gasteiger partial charge in [0.2, 0.25) is 0 Å². The van der Waals surface area contributed by atoms with Gasteiger partial charge in [0.15, 0.2) is 17.3 Å². The maximum absolute atomic E-state index is 13.2. The Labute approximate surface area is 178 Å². The molecule has 30 heavy (non-hydrogen) atoms. The Morgan fingerprint density at radius 3 is 2.27 bits per heavy atom. The van der Waals surface area contributed by atoms with Crippen molar-refractivity contribution in [1.29, 1.82) is 0 Å². The van der Waals surface area contributed by atoms with Crippen molar-refractivity contribution in [3.63, 3.8) is 0 Å². The normalized spacial score (nSPS) is 12.0. The average Bonchev–Trinajstić information content (AvgIpc) is 3.01. The zero-order valence-corrected chi connectivity index (χ0v) is 19.1. The van der Waals surface area contributed by atoms with Gasteiger partial charge in [0.1, 0.15) is 0 Å². The highest BCUT2D eigenvalue weighted by molar-refractivity contribution is 6.03. The number of aromatic amines is 1. The molecule has 1 N–H and O–H groups in total. The molecular formula is C23H32N2O5. The maximum Gasteiger partial charge on any atom is 0.340 e. The highest BCUT2D eigenvalue weighted by atomic mass is 16.5. The van der Waals surface area contributed by atoms with Crippen molar-refractivity contribution < 1.29 is 23.8 Å². The standard InChI is InChI=1S/C23H32N2O5/c1-9-30-23(27)20-14(3)21(24-15(20)4)22(26)16(5)25(6)12-17-11-19(29-8)18(28-7)10-13(17)2/h10-11,16,24H,9,12H2,1-8H3. The lowest BCUT2D eigenvalue weighted by molar-refractivity contribution is 0.0525. The fourth-order valence-corrected chi connectivity index (χ4v) is 3.51. The van der Waals surface area contributed by atoms with Gasteiger partial charge < -0.3 is 19.2 Å². The highest BCUT2D eigenvalue weighted by Gasteiger charge is 2.27. The van der Waals surface area contributed by atoms with E-state index in [0.29, 0.717) is 40.6 Å². The van der Waals surface area contributed by atoms with Crippen LogP contribution in [0, 0.1) is 20.8 Å². The zero-order chi connectivity index (χ0) is 22.6. The number of nitrogens with one attached hydrogen (secondary N) is 1. The predicted octanol–water partition coefficient (Wildman–Crippen LogP) is 3.84. The van der Waals surface area contributed by atoms with Crippen molar-refractivity contribution in [2.24, 2.45) is 0 Å². The molecule has 0 aliphatic heterocycles. The number of carbonyl (C=O) groups is 2. The number of ketones is 1. The summed E-state index contributed by atoms with van der Waals surface area (Å²) in [5.74, 6) is 0.839. The zero-order valence-electron chi connectivity index (χ0n) is 19.1. The van der Waals surface area contributed by atoms with E-state index in [4.69, 9.17) is 14.2 Å². The molecule has 1 aromatic carbocycles. The van der Waals surface area contributed by atoms with Crippen LogP contribution in [0.1, 0.15) is 57.1 Å². The van der Waals surface area contributed by atoms with Crippen molar-refractivity contribution >= 4 is 11.8 Å². The summed E-state index contributed by atoms with van der Waals surface area (Å²) in [6, 6.07) is 3.47. The van der Waals surface area contributed by atoms with Crippen LogP contribution < -0.4 is 9.47 Å². The molecule has 0 bridgehead atoms. The van der Waals surface area contributed by atoms with Crippen molar-refractivity contribution in [3.05, 3.63) is 45.8 Å². The summed E-state index contributed by atoms with van der Waals surface area (Å²) in [7, 11) is 5.11. The van der Waals surface area contributed by atoms with Gasteiger partial charge in [-0.25, -0.2) is 4.79 Å². The van der Waals surface area contributed by atoms with Crippen LogP contribution in [0.4, 0.5) is 0 Å². The van der Waals surface area contributed by atoms with Crippen LogP contribution in [0.5, 0.6) is 11.5 Å². The molecular weight excluding hydrogens is 384 g/mol. The van der Waals surface area contributed by atoms with E-state index in [2.05, 4.69) is 4.98 Å². The van der Waals surface area contributed by atoms with Gasteiger partial charge >= 0.3 is 5.97 Å². The molecule has 1 heterocycles. The van der Waals surface area contributed by atoms with E-state index in [0.717, 1.165) is 11.1 Å². The quantitative estimate of drug-likeness (QED) is 0.494. The first-order valence-electron chi connectivity index (χ1n) is 9.98. The van der Waals surface area contributed by atoms with E-state index in [9.17, 15) is 9.59 Å². The van der Waals surface area contributed by atoms with Crippen LogP contribution in [-0.4, -0.2) is 55.6 Å². The molecule has 0 fully saturated rings. The number of ether oxygens (including phenoxy) is 3. The minimum Gasteiger partial charge on any atom is -0.493 e. The van der Waals surface area contributed by atoms with E-state index >= 15 is 0 Å². The van der Waals surface area contributed by atoms with Crippen molar-refractivity contribution in [2.75, 3.05) is 27.9 Å². The first-order chi connectivity index (χ1) is 14.2. The number of Topliss-reactive ketones (excluding diaryl/α,β-unsaturated/α-hetero) is 1. The summed E-state index contributed by atoms with van der Waals surface area (Å²) in [4.78, 5) is 30.5. The molecule has 0 saturated heterocycles. The number of methoxy groups -OCH3 is 2. The Hall–Kier alpha value is -2.80. The number of aromatic nitrogens is 1. The van der Waals surface area contributed by atoms with Gasteiger partial charge in [0.25, 0.3) is 0 Å². The number of aryl methyl sites for hydroxylation is 2. The second-order valence-corrected chi connectivity index (χ2v) is 7.43. The third-order valence-corrected chi connectivity index (χ3v) is 5.47. The second kappa shape index (κ2) is 9.80. The Morgan fingerprint density at radius 1 is 1.10 bits per heavy atom. The van der Waals surface area contributed by atoms with Crippen molar-refractivity contribution in [2.45, 2.75) is 47.2 Å². The second-order valence-electron chi connectivity index (χ2n) is 7.43. The molecule has 2 rings (SSSR count). The third-order valence-electron chi connectivity index (χ3n) is 5.47. The van der Waals surface area contributed by atoms with E-state index in [1.54, 1.807) is 35.0 Å². The number of benzene rings is 1. The highest BCUT2D eigenvalue weighted by Crippen LogP contribution is 2.31. The molecule has 7 nitrogen and oxygen atoms in total. The lowest BCUT2D eigenvalue weighted by Gasteiger charge is -2.25. The Kier molecular flexibility index (Phi) is 7.67. The molecule has 2 aromatic rings. The molecule has 1 atom stereocenters. The summed E-state index contributed by atoms with van der Waals surface area (Å²) in [6.45, 7) is 10.0. The van der Waals surface area contributed by atoms with Crippen LogP contribution >= 0.6 is 0 Å². The summed E-state index contributed by atoms with van der Waals surface area (Å²) < 4.78 is 15.9. The van der Waals surface area contributed by atoms with Gasteiger partial charge in [0.05, 0.1) is 38.1 Å². The Balaban J connectivity index is 2.25. The minimum atomic E-state index is -0.412. The van der Waals surface area contributed by atoms with E-state index in [-0.39, 0.29) is 12.4 Å². The van der Waals surface area contributed by atoms with Crippen LogP contribution in [0.3, 0.4) is 0 Å². The summed E-state index contributed by atoms with van der Waals surface area (Å²) in [5.41, 5.74) is 4.24. The molecule has 0 radical (unpaired) electrons. The number of H-pyrrole nitrogens is 1. The molecule has 164 valence electrons. The largest absolute Gasteiger partial charge is 0.493 e. The van der Waals surface area contributed by atoms with Gasteiger partial charge in [-0.05, 0) is 70.5 Å². The lowest BCUT2D eigenvalue weighted by atomic mass is 10.0. The molecule has 1 unspecified atom stereocenters. The number of hydrogen-bond acceptors (Lipinski definition) is 6. The number of likely N-dealkylation sites (N-methyl/N-ethyl adjacent to an activating group) is 1. The monoisotopic (exact) mass is 416 g/mol. The Morgan fingerprint density at radius 2 is 1.70 bits per heavy atom. The van der Waals surface area contributed by atoms with Crippen LogP contribution in [0.15, 0.2) is 12.1 Å². The first kappa shape index (κ1) is 23.5. The molecule has 0 saturated carbocycles. The SMILES string of the molecule is CCOC(=O)c1c(C)[nH]c(C(=O)C(C)N(C)Cc2cc(OC)c(OC)cc2C)c1C. The van der Waals surface area contributed by atoms with Crippen LogP contribution in [-0.2, 0) is 11.3 Å². The lowest BCUT2D eigenvalue weighted by Crippen LogP contribution is -2.36. The third kappa shape index (κ3) is 4.67. The minimum absolute atomic E-state index is 0.0771. The van der Waals surface area contributed by atoms with Gasteiger partial charge in [-0.2, -0.15) is 0 Å². The van der Waals surface area contributed by atoms with E-state index in [1.165, 1.54) is 0 Å². The summed E-state index contributed by atoms with van der Waals surface area (Å²) >= 11 is 0. The number of rotatable bonds is 9. The molecule has 0 aliphatic carbocycles. The average molecular weight is 417 g/mol. The summed E-state index contributed by atoms with van der Waals surface area (Å²) in [6.07, 6.45) is 0. The first-order valence-corrected chi connectivity index (χ1v) is 9.98. The number of hydrogen-bond donors (Lipinski definition) is 1. The maximum atomic E-state index is 13.2. The fourth-order valence-electron chi connectivity index (χ4n) is 3.51. The molecule has 1 aromatic heterocycles. The van der Waals surface area contributed by atoms with E-state index < -0.39 is 12.0 Å². The topological polar surface area (TPSA) is 80.9 Å². The summed E-state index contributed by atoms with van der Waals surface area (Å²) in [5, 5.41) is 0. The van der Waals surface area contributed by atoms with Crippen molar-refractivity contribution in [1.82, 2.24) is 9.88 Å². The van der Waals surface area contributed by atoms with Crippen LogP contribution in [0.2, 0.25) is 0 Å². The van der Waals surface area contributed by atoms with Gasteiger partial charge in [-0.3, -0.25) is 9.69 Å². The molecule has 0 amide bonds. The fraction of sp³-hybridized carbons (Fsp3) is 0.478. The smallest absolute Gasteiger partial charge is 0.340 e. The predicted molar refractivity (Wildman–Crippen MR) is 116 cm³/mol. The Bertz CT molecular complexity index is 932. The number of nitrogens with zero attached hydrogens (tertiary/aromatic N) is 1. The van der Waals surface area contributed by atoms with Gasteiger partial charge in [0, 0.05) is 12.2 Å². The number of esters is 1. The molecule has 0 spiro atoms. The van der Waals surface area contributed by atoms with Gasteiger partial charge in [-0.1, -0.05) is 0 Å².